The van der Waals surface area contributed by atoms with Crippen molar-refractivity contribution in [3.8, 4) is 0 Å². The number of rotatable bonds is 9. The number of aliphatic imine (C=N–C) groups is 1. The van der Waals surface area contributed by atoms with Crippen LogP contribution in [0.15, 0.2) is 35.3 Å². The second kappa shape index (κ2) is 12.7. The van der Waals surface area contributed by atoms with E-state index in [9.17, 15) is 5.11 Å². The van der Waals surface area contributed by atoms with E-state index in [2.05, 4.69) is 64.7 Å². The van der Waals surface area contributed by atoms with Crippen molar-refractivity contribution in [1.82, 2.24) is 10.6 Å². The van der Waals surface area contributed by atoms with Gasteiger partial charge in [-0.15, -0.1) is 24.0 Å². The van der Waals surface area contributed by atoms with Crippen LogP contribution in [0.3, 0.4) is 0 Å². The summed E-state index contributed by atoms with van der Waals surface area (Å²) in [6.45, 7) is 8.42. The van der Waals surface area contributed by atoms with Gasteiger partial charge in [0.05, 0.1) is 12.1 Å². The summed E-state index contributed by atoms with van der Waals surface area (Å²) in [6.07, 6.45) is 1.87. The molecule has 0 amide bonds. The third-order valence-electron chi connectivity index (χ3n) is 4.36. The van der Waals surface area contributed by atoms with Crippen LogP contribution < -0.4 is 15.5 Å². The van der Waals surface area contributed by atoms with Crippen LogP contribution in [-0.2, 0) is 0 Å². The van der Waals surface area contributed by atoms with E-state index in [-0.39, 0.29) is 24.0 Å². The zero-order valence-corrected chi connectivity index (χ0v) is 19.1. The first-order valence-corrected chi connectivity index (χ1v) is 10.4. The van der Waals surface area contributed by atoms with Gasteiger partial charge in [0, 0.05) is 37.6 Å². The fourth-order valence-electron chi connectivity index (χ4n) is 2.87. The summed E-state index contributed by atoms with van der Waals surface area (Å²) in [4.78, 5) is 6.96. The van der Waals surface area contributed by atoms with Crippen LogP contribution in [0.25, 0.3) is 0 Å². The molecule has 1 aliphatic rings. The third-order valence-corrected chi connectivity index (χ3v) is 5.59. The molecule has 1 aromatic carbocycles. The number of anilines is 1. The minimum absolute atomic E-state index is 0. The molecule has 148 valence electrons. The Balaban J connectivity index is 0.00000338. The van der Waals surface area contributed by atoms with Gasteiger partial charge in [0.2, 0.25) is 0 Å². The number of hydrogen-bond acceptors (Lipinski definition) is 4. The van der Waals surface area contributed by atoms with Crippen LogP contribution in [0, 0.1) is 0 Å². The molecule has 1 unspecified atom stereocenters. The van der Waals surface area contributed by atoms with Crippen LogP contribution in [0.4, 0.5) is 5.69 Å². The lowest BCUT2D eigenvalue weighted by Gasteiger charge is -2.23. The molecule has 0 radical (unpaired) electrons. The number of halogens is 1. The van der Waals surface area contributed by atoms with Crippen LogP contribution in [-0.4, -0.2) is 60.9 Å². The van der Waals surface area contributed by atoms with Gasteiger partial charge in [0.1, 0.15) is 0 Å². The van der Waals surface area contributed by atoms with Gasteiger partial charge in [-0.25, -0.2) is 0 Å². The zero-order valence-electron chi connectivity index (χ0n) is 15.9. The fourth-order valence-corrected chi connectivity index (χ4v) is 4.16. The molecule has 0 aliphatic carbocycles. The van der Waals surface area contributed by atoms with Crippen molar-refractivity contribution in [2.45, 2.75) is 32.3 Å². The second-order valence-corrected chi connectivity index (χ2v) is 7.52. The highest BCUT2D eigenvalue weighted by molar-refractivity contribution is 14.0. The Labute approximate surface area is 179 Å². The van der Waals surface area contributed by atoms with Crippen LogP contribution >= 0.6 is 35.7 Å². The van der Waals surface area contributed by atoms with E-state index >= 15 is 0 Å². The van der Waals surface area contributed by atoms with E-state index < -0.39 is 5.60 Å². The smallest absolute Gasteiger partial charge is 0.191 e. The van der Waals surface area contributed by atoms with Gasteiger partial charge in [-0.3, -0.25) is 4.99 Å². The number of benzene rings is 1. The molecule has 7 heteroatoms. The zero-order chi connectivity index (χ0) is 18.0. The van der Waals surface area contributed by atoms with Crippen LogP contribution in [0.2, 0.25) is 0 Å². The molecule has 0 bridgehead atoms. The fraction of sp³-hybridized carbons (Fsp3) is 0.632. The SMILES string of the molecule is CCNC(=NCC1(O)CCSC1)NCCCN(CC)c1ccccc1.I. The largest absolute Gasteiger partial charge is 0.387 e. The number of nitrogens with one attached hydrogen (secondary N) is 2. The van der Waals surface area contributed by atoms with Gasteiger partial charge < -0.3 is 20.6 Å². The number of aliphatic hydroxyl groups is 1. The monoisotopic (exact) mass is 492 g/mol. The quantitative estimate of drug-likeness (QED) is 0.214. The van der Waals surface area contributed by atoms with Gasteiger partial charge in [0.25, 0.3) is 0 Å². The van der Waals surface area contributed by atoms with Crippen molar-refractivity contribution in [1.29, 1.82) is 0 Å². The summed E-state index contributed by atoms with van der Waals surface area (Å²) in [5, 5.41) is 17.1. The molecular weight excluding hydrogens is 459 g/mol. The maximum atomic E-state index is 10.4. The molecule has 1 fully saturated rings. The predicted octanol–water partition coefficient (Wildman–Crippen LogP) is 2.94. The number of hydrogen-bond donors (Lipinski definition) is 3. The van der Waals surface area contributed by atoms with Gasteiger partial charge in [-0.05, 0) is 44.6 Å². The first-order valence-electron chi connectivity index (χ1n) is 9.29. The maximum absolute atomic E-state index is 10.4. The lowest BCUT2D eigenvalue weighted by Crippen LogP contribution is -2.41. The molecule has 1 aromatic rings. The third kappa shape index (κ3) is 7.92. The molecule has 26 heavy (non-hydrogen) atoms. The van der Waals surface area contributed by atoms with E-state index in [0.29, 0.717) is 6.54 Å². The van der Waals surface area contributed by atoms with E-state index in [1.807, 2.05) is 0 Å². The highest BCUT2D eigenvalue weighted by Crippen LogP contribution is 2.27. The van der Waals surface area contributed by atoms with Crippen molar-refractivity contribution in [3.63, 3.8) is 0 Å². The molecule has 0 aromatic heterocycles. The molecular formula is C19H33IN4OS. The topological polar surface area (TPSA) is 59.9 Å². The van der Waals surface area contributed by atoms with Crippen molar-refractivity contribution < 1.29 is 5.11 Å². The lowest BCUT2D eigenvalue weighted by molar-refractivity contribution is 0.0778. The van der Waals surface area contributed by atoms with Crippen LogP contribution in [0.5, 0.6) is 0 Å². The number of guanidine groups is 1. The number of thioether (sulfide) groups is 1. The average Bonchev–Trinajstić information content (AvgIpc) is 3.07. The van der Waals surface area contributed by atoms with Crippen molar-refractivity contribution in [2.75, 3.05) is 49.1 Å². The summed E-state index contributed by atoms with van der Waals surface area (Å²) in [5.41, 5.74) is 0.644. The Morgan fingerprint density at radius 2 is 2.04 bits per heavy atom. The molecule has 0 spiro atoms. The Morgan fingerprint density at radius 1 is 1.27 bits per heavy atom. The van der Waals surface area contributed by atoms with E-state index in [0.717, 1.165) is 56.5 Å². The Hall–Kier alpha value is -0.670. The second-order valence-electron chi connectivity index (χ2n) is 6.42. The summed E-state index contributed by atoms with van der Waals surface area (Å²) in [5.74, 6) is 2.62. The minimum atomic E-state index is -0.626. The average molecular weight is 492 g/mol. The highest BCUT2D eigenvalue weighted by atomic mass is 127. The highest BCUT2D eigenvalue weighted by Gasteiger charge is 2.31. The van der Waals surface area contributed by atoms with Gasteiger partial charge in [-0.1, -0.05) is 18.2 Å². The molecule has 1 heterocycles. The van der Waals surface area contributed by atoms with Crippen molar-refractivity contribution in [3.05, 3.63) is 30.3 Å². The molecule has 1 aliphatic heterocycles. The standard InChI is InChI=1S/C19H32N4OS.HI/c1-3-20-18(22-15-19(24)11-14-25-16-19)21-12-8-13-23(4-2)17-9-6-5-7-10-17;/h5-7,9-10,24H,3-4,8,11-16H2,1-2H3,(H2,20,21,22);1H. The predicted molar refractivity (Wildman–Crippen MR) is 125 cm³/mol. The summed E-state index contributed by atoms with van der Waals surface area (Å²) < 4.78 is 0. The maximum Gasteiger partial charge on any atom is 0.191 e. The first-order chi connectivity index (χ1) is 12.2. The molecule has 0 saturated carbocycles. The van der Waals surface area contributed by atoms with E-state index in [1.54, 1.807) is 11.8 Å². The molecule has 2 rings (SSSR count). The molecule has 3 N–H and O–H groups in total. The number of para-hydroxylation sites is 1. The first kappa shape index (κ1) is 23.4. The molecule has 1 saturated heterocycles. The summed E-state index contributed by atoms with van der Waals surface area (Å²) in [7, 11) is 0. The Kier molecular flexibility index (Phi) is 11.4. The summed E-state index contributed by atoms with van der Waals surface area (Å²) in [6, 6.07) is 10.5. The van der Waals surface area contributed by atoms with Gasteiger partial charge in [-0.2, -0.15) is 11.8 Å². The number of nitrogens with zero attached hydrogens (tertiary/aromatic N) is 2. The molecule has 1 atom stereocenters. The van der Waals surface area contributed by atoms with Gasteiger partial charge in [0.15, 0.2) is 5.96 Å². The van der Waals surface area contributed by atoms with E-state index in [1.165, 1.54) is 5.69 Å². The van der Waals surface area contributed by atoms with Crippen LogP contribution in [0.1, 0.15) is 26.7 Å². The van der Waals surface area contributed by atoms with E-state index in [4.69, 9.17) is 0 Å². The minimum Gasteiger partial charge on any atom is -0.387 e. The molecule has 5 nitrogen and oxygen atoms in total. The van der Waals surface area contributed by atoms with Crippen molar-refractivity contribution >= 4 is 47.4 Å². The Morgan fingerprint density at radius 3 is 2.65 bits per heavy atom. The van der Waals surface area contributed by atoms with Crippen molar-refractivity contribution in [2.24, 2.45) is 4.99 Å². The summed E-state index contributed by atoms with van der Waals surface area (Å²) >= 11 is 1.81. The lowest BCUT2D eigenvalue weighted by atomic mass is 10.1. The normalized spacial score (nSPS) is 19.7. The van der Waals surface area contributed by atoms with Gasteiger partial charge >= 0.3 is 0 Å². The Bertz CT molecular complexity index is 524.